The Morgan fingerprint density at radius 2 is 2.27 bits per heavy atom. The van der Waals surface area contributed by atoms with Crippen molar-refractivity contribution in [2.45, 2.75) is 25.4 Å². The Labute approximate surface area is 129 Å². The molecule has 0 bridgehead atoms. The summed E-state index contributed by atoms with van der Waals surface area (Å²) in [5, 5.41) is 7.80. The molecule has 2 aromatic heterocycles. The Kier molecular flexibility index (Phi) is 4.04. The van der Waals surface area contributed by atoms with Crippen molar-refractivity contribution in [3.63, 3.8) is 0 Å². The summed E-state index contributed by atoms with van der Waals surface area (Å²) in [4.78, 5) is 20.9. The summed E-state index contributed by atoms with van der Waals surface area (Å²) in [6, 6.07) is 3.89. The minimum Gasteiger partial charge on any atom is -0.378 e. The number of pyridine rings is 1. The van der Waals surface area contributed by atoms with Gasteiger partial charge in [-0.2, -0.15) is 0 Å². The summed E-state index contributed by atoms with van der Waals surface area (Å²) in [7, 11) is 3.90. The highest BCUT2D eigenvalue weighted by molar-refractivity contribution is 5.93. The van der Waals surface area contributed by atoms with E-state index in [0.29, 0.717) is 12.2 Å². The zero-order chi connectivity index (χ0) is 15.5. The molecule has 0 saturated carbocycles. The van der Waals surface area contributed by atoms with Gasteiger partial charge in [0.05, 0.1) is 18.8 Å². The minimum atomic E-state index is -0.00804. The highest BCUT2D eigenvalue weighted by Crippen LogP contribution is 2.22. The van der Waals surface area contributed by atoms with Crippen LogP contribution in [0.3, 0.4) is 0 Å². The van der Waals surface area contributed by atoms with Crippen molar-refractivity contribution in [3.05, 3.63) is 36.4 Å². The Morgan fingerprint density at radius 1 is 1.41 bits per heavy atom. The van der Waals surface area contributed by atoms with E-state index >= 15 is 0 Å². The van der Waals surface area contributed by atoms with E-state index in [2.05, 4.69) is 15.3 Å². The molecule has 1 saturated heterocycles. The van der Waals surface area contributed by atoms with Crippen LogP contribution in [-0.4, -0.2) is 57.5 Å². The molecule has 2 aromatic rings. The number of rotatable bonds is 4. The maximum Gasteiger partial charge on any atom is 0.272 e. The maximum absolute atomic E-state index is 12.8. The van der Waals surface area contributed by atoms with E-state index in [1.54, 1.807) is 17.1 Å². The predicted octanol–water partition coefficient (Wildman–Crippen LogP) is 1.04. The smallest absolute Gasteiger partial charge is 0.272 e. The summed E-state index contributed by atoms with van der Waals surface area (Å²) in [5.41, 5.74) is 1.47. The second kappa shape index (κ2) is 6.13. The Hall–Kier alpha value is -2.44. The van der Waals surface area contributed by atoms with Crippen molar-refractivity contribution in [1.29, 1.82) is 0 Å². The van der Waals surface area contributed by atoms with E-state index in [4.69, 9.17) is 0 Å². The van der Waals surface area contributed by atoms with E-state index in [-0.39, 0.29) is 11.9 Å². The van der Waals surface area contributed by atoms with E-state index in [1.807, 2.05) is 42.2 Å². The van der Waals surface area contributed by atoms with Gasteiger partial charge in [-0.3, -0.25) is 14.5 Å². The van der Waals surface area contributed by atoms with Gasteiger partial charge in [0.1, 0.15) is 5.69 Å². The van der Waals surface area contributed by atoms with Gasteiger partial charge in [0, 0.05) is 38.7 Å². The van der Waals surface area contributed by atoms with Crippen LogP contribution in [0.25, 0.3) is 0 Å². The molecule has 1 aliphatic heterocycles. The molecule has 1 aliphatic rings. The van der Waals surface area contributed by atoms with Crippen molar-refractivity contribution in [1.82, 2.24) is 24.9 Å². The monoisotopic (exact) mass is 300 g/mol. The number of hydrogen-bond acceptors (Lipinski definition) is 5. The number of likely N-dealkylation sites (tertiary alicyclic amines) is 1. The van der Waals surface area contributed by atoms with Crippen molar-refractivity contribution in [2.24, 2.45) is 0 Å². The minimum absolute atomic E-state index is 0.00804. The van der Waals surface area contributed by atoms with Gasteiger partial charge in [-0.1, -0.05) is 5.21 Å². The first-order valence-electron chi connectivity index (χ1n) is 7.43. The first-order chi connectivity index (χ1) is 10.6. The van der Waals surface area contributed by atoms with Crippen molar-refractivity contribution < 1.29 is 4.79 Å². The molecule has 3 heterocycles. The molecule has 1 fully saturated rings. The van der Waals surface area contributed by atoms with Crippen LogP contribution in [0.2, 0.25) is 0 Å². The van der Waals surface area contributed by atoms with Crippen LogP contribution >= 0.6 is 0 Å². The highest BCUT2D eigenvalue weighted by atomic mass is 16.2. The van der Waals surface area contributed by atoms with E-state index in [1.165, 1.54) is 0 Å². The fourth-order valence-corrected chi connectivity index (χ4v) is 2.80. The standard InChI is InChI=1S/C15H20N6O/c1-19(2)12-5-6-16-14(10-12)15(22)21-8-3-4-13(21)11-20-9-7-17-18-20/h5-7,9-10,13H,3-4,8,11H2,1-2H3/t13-/m0/s1. The molecule has 0 N–H and O–H groups in total. The number of carbonyl (C=O) groups excluding carboxylic acids is 1. The third-order valence-electron chi connectivity index (χ3n) is 3.99. The average Bonchev–Trinajstić information content (AvgIpc) is 3.19. The summed E-state index contributed by atoms with van der Waals surface area (Å²) in [6.45, 7) is 1.45. The van der Waals surface area contributed by atoms with Crippen LogP contribution < -0.4 is 4.90 Å². The maximum atomic E-state index is 12.8. The van der Waals surface area contributed by atoms with E-state index in [0.717, 1.165) is 25.1 Å². The van der Waals surface area contributed by atoms with Crippen LogP contribution in [0.5, 0.6) is 0 Å². The number of anilines is 1. The van der Waals surface area contributed by atoms with Crippen molar-refractivity contribution in [3.8, 4) is 0 Å². The lowest BCUT2D eigenvalue weighted by Crippen LogP contribution is -2.38. The summed E-state index contributed by atoms with van der Waals surface area (Å²) in [5.74, 6) is -0.00804. The Bertz CT molecular complexity index is 639. The molecule has 0 radical (unpaired) electrons. The molecule has 3 rings (SSSR count). The normalized spacial score (nSPS) is 17.7. The van der Waals surface area contributed by atoms with E-state index in [9.17, 15) is 4.79 Å². The zero-order valence-electron chi connectivity index (χ0n) is 12.9. The fraction of sp³-hybridized carbons (Fsp3) is 0.467. The van der Waals surface area contributed by atoms with Gasteiger partial charge in [-0.25, -0.2) is 0 Å². The molecule has 116 valence electrons. The molecule has 1 atom stereocenters. The lowest BCUT2D eigenvalue weighted by molar-refractivity contribution is 0.0715. The molecular formula is C15H20N6O. The number of nitrogens with zero attached hydrogens (tertiary/aromatic N) is 6. The molecular weight excluding hydrogens is 280 g/mol. The highest BCUT2D eigenvalue weighted by Gasteiger charge is 2.30. The quantitative estimate of drug-likeness (QED) is 0.844. The largest absolute Gasteiger partial charge is 0.378 e. The molecule has 0 aliphatic carbocycles. The first-order valence-corrected chi connectivity index (χ1v) is 7.43. The van der Waals surface area contributed by atoms with Crippen LogP contribution in [-0.2, 0) is 6.54 Å². The van der Waals surface area contributed by atoms with Crippen LogP contribution in [0.15, 0.2) is 30.7 Å². The van der Waals surface area contributed by atoms with Gasteiger partial charge in [-0.05, 0) is 25.0 Å². The zero-order valence-corrected chi connectivity index (χ0v) is 12.9. The third kappa shape index (κ3) is 2.93. The van der Waals surface area contributed by atoms with Crippen molar-refractivity contribution >= 4 is 11.6 Å². The van der Waals surface area contributed by atoms with Gasteiger partial charge < -0.3 is 9.80 Å². The Morgan fingerprint density at radius 3 is 3.00 bits per heavy atom. The summed E-state index contributed by atoms with van der Waals surface area (Å²) in [6.07, 6.45) is 7.16. The Balaban J connectivity index is 1.77. The molecule has 22 heavy (non-hydrogen) atoms. The number of amides is 1. The molecule has 7 nitrogen and oxygen atoms in total. The van der Waals surface area contributed by atoms with Gasteiger partial charge in [-0.15, -0.1) is 5.10 Å². The fourth-order valence-electron chi connectivity index (χ4n) is 2.80. The summed E-state index contributed by atoms with van der Waals surface area (Å²) >= 11 is 0. The van der Waals surface area contributed by atoms with Crippen molar-refractivity contribution in [2.75, 3.05) is 25.5 Å². The SMILES string of the molecule is CN(C)c1ccnc(C(=O)N2CCC[C@H]2Cn2ccnn2)c1. The third-order valence-corrected chi connectivity index (χ3v) is 3.99. The van der Waals surface area contributed by atoms with Gasteiger partial charge in [0.25, 0.3) is 5.91 Å². The van der Waals surface area contributed by atoms with Gasteiger partial charge in [0.2, 0.25) is 0 Å². The molecule has 0 unspecified atom stereocenters. The number of carbonyl (C=O) groups is 1. The van der Waals surface area contributed by atoms with Gasteiger partial charge in [0.15, 0.2) is 0 Å². The second-order valence-corrected chi connectivity index (χ2v) is 5.71. The van der Waals surface area contributed by atoms with Gasteiger partial charge >= 0.3 is 0 Å². The van der Waals surface area contributed by atoms with Crippen LogP contribution in [0.4, 0.5) is 5.69 Å². The molecule has 7 heteroatoms. The topological polar surface area (TPSA) is 67.2 Å². The molecule has 0 spiro atoms. The number of aromatic nitrogens is 4. The van der Waals surface area contributed by atoms with Crippen LogP contribution in [0.1, 0.15) is 23.3 Å². The number of hydrogen-bond donors (Lipinski definition) is 0. The van der Waals surface area contributed by atoms with Crippen LogP contribution in [0, 0.1) is 0 Å². The lowest BCUT2D eigenvalue weighted by atomic mass is 10.2. The molecule has 1 amide bonds. The van der Waals surface area contributed by atoms with E-state index < -0.39 is 0 Å². The summed E-state index contributed by atoms with van der Waals surface area (Å²) < 4.78 is 1.78. The second-order valence-electron chi connectivity index (χ2n) is 5.71. The predicted molar refractivity (Wildman–Crippen MR) is 82.6 cm³/mol. The average molecular weight is 300 g/mol. The lowest BCUT2D eigenvalue weighted by Gasteiger charge is -2.24. The molecule has 0 aromatic carbocycles. The first kappa shape index (κ1) is 14.5.